The van der Waals surface area contributed by atoms with E-state index in [0.29, 0.717) is 18.4 Å². The normalized spacial score (nSPS) is 20.2. The van der Waals surface area contributed by atoms with Crippen LogP contribution in [0.5, 0.6) is 0 Å². The smallest absolute Gasteiger partial charge is 0.157 e. The molecule has 2 aliphatic rings. The van der Waals surface area contributed by atoms with Gasteiger partial charge in [-0.3, -0.25) is 0 Å². The van der Waals surface area contributed by atoms with E-state index in [1.54, 1.807) is 0 Å². The zero-order valence-electron chi connectivity index (χ0n) is 13.5. The van der Waals surface area contributed by atoms with Crippen LogP contribution in [-0.2, 0) is 17.7 Å². The third-order valence-corrected chi connectivity index (χ3v) is 4.68. The highest BCUT2D eigenvalue weighted by Gasteiger charge is 2.29. The monoisotopic (exact) mass is 289 g/mol. The first-order chi connectivity index (χ1) is 10.2. The van der Waals surface area contributed by atoms with Gasteiger partial charge in [0, 0.05) is 37.6 Å². The highest BCUT2D eigenvalue weighted by atomic mass is 16.5. The second-order valence-electron chi connectivity index (χ2n) is 6.57. The first-order valence-corrected chi connectivity index (χ1v) is 8.42. The van der Waals surface area contributed by atoms with Gasteiger partial charge in [-0.1, -0.05) is 20.3 Å². The number of rotatable bonds is 5. The van der Waals surface area contributed by atoms with Gasteiger partial charge in [-0.15, -0.1) is 0 Å². The van der Waals surface area contributed by atoms with Crippen LogP contribution in [0.2, 0.25) is 0 Å². The summed E-state index contributed by atoms with van der Waals surface area (Å²) in [6, 6.07) is 0. The lowest BCUT2D eigenvalue weighted by Crippen LogP contribution is -2.30. The standard InChI is InChI=1S/C17H27N3O/c1-4-21-16(11(2)3)17-19-14-8-9-18-10-13(14)15(20-17)12-6-5-7-12/h11-12,16,18H,4-10H2,1-3H3. The molecule has 1 aliphatic carbocycles. The van der Waals surface area contributed by atoms with Crippen molar-refractivity contribution in [2.45, 2.75) is 65.0 Å². The Morgan fingerprint density at radius 2 is 2.10 bits per heavy atom. The minimum atomic E-state index is 0.0222. The van der Waals surface area contributed by atoms with Gasteiger partial charge in [0.15, 0.2) is 5.82 Å². The SMILES string of the molecule is CCOC(c1nc2c(c(C3CCC3)n1)CNCC2)C(C)C. The molecule has 1 saturated carbocycles. The summed E-state index contributed by atoms with van der Waals surface area (Å²) in [5, 5.41) is 3.47. The van der Waals surface area contributed by atoms with Gasteiger partial charge in [0.2, 0.25) is 0 Å². The molecule has 116 valence electrons. The molecule has 0 amide bonds. The summed E-state index contributed by atoms with van der Waals surface area (Å²) in [6.45, 7) is 9.09. The molecule has 4 heteroatoms. The molecule has 1 fully saturated rings. The highest BCUT2D eigenvalue weighted by Crippen LogP contribution is 2.39. The van der Waals surface area contributed by atoms with Gasteiger partial charge in [0.1, 0.15) is 6.10 Å². The fourth-order valence-electron chi connectivity index (χ4n) is 3.28. The van der Waals surface area contributed by atoms with Crippen molar-refractivity contribution in [3.05, 3.63) is 22.8 Å². The molecule has 21 heavy (non-hydrogen) atoms. The summed E-state index contributed by atoms with van der Waals surface area (Å²) in [6.07, 6.45) is 4.94. The summed E-state index contributed by atoms with van der Waals surface area (Å²) >= 11 is 0. The predicted octanol–water partition coefficient (Wildman–Crippen LogP) is 3.12. The molecule has 4 nitrogen and oxygen atoms in total. The van der Waals surface area contributed by atoms with Crippen molar-refractivity contribution < 1.29 is 4.74 Å². The molecule has 0 radical (unpaired) electrons. The van der Waals surface area contributed by atoms with Crippen LogP contribution in [0.15, 0.2) is 0 Å². The van der Waals surface area contributed by atoms with Crippen molar-refractivity contribution in [3.63, 3.8) is 0 Å². The van der Waals surface area contributed by atoms with Gasteiger partial charge in [-0.25, -0.2) is 9.97 Å². The Labute approximate surface area is 127 Å². The number of hydrogen-bond donors (Lipinski definition) is 1. The molecule has 0 saturated heterocycles. The first-order valence-electron chi connectivity index (χ1n) is 8.42. The molecular weight excluding hydrogens is 262 g/mol. The lowest BCUT2D eigenvalue weighted by Gasteiger charge is -2.31. The number of nitrogens with zero attached hydrogens (tertiary/aromatic N) is 2. The van der Waals surface area contributed by atoms with E-state index in [-0.39, 0.29) is 6.10 Å². The van der Waals surface area contributed by atoms with Gasteiger partial charge in [0.05, 0.1) is 11.4 Å². The van der Waals surface area contributed by atoms with Gasteiger partial charge in [-0.05, 0) is 25.7 Å². The van der Waals surface area contributed by atoms with Crippen LogP contribution in [0.3, 0.4) is 0 Å². The maximum absolute atomic E-state index is 5.93. The van der Waals surface area contributed by atoms with Crippen LogP contribution in [0, 0.1) is 5.92 Å². The van der Waals surface area contributed by atoms with Crippen LogP contribution in [0.25, 0.3) is 0 Å². The number of aromatic nitrogens is 2. The Bertz CT molecular complexity index is 497. The molecule has 1 atom stereocenters. The van der Waals surface area contributed by atoms with Gasteiger partial charge >= 0.3 is 0 Å². The molecule has 0 aromatic carbocycles. The van der Waals surface area contributed by atoms with Crippen LogP contribution >= 0.6 is 0 Å². The lowest BCUT2D eigenvalue weighted by atomic mass is 9.80. The number of fused-ring (bicyclic) bond motifs is 1. The van der Waals surface area contributed by atoms with Crippen LogP contribution < -0.4 is 5.32 Å². The molecule has 1 N–H and O–H groups in total. The van der Waals surface area contributed by atoms with E-state index in [1.165, 1.54) is 36.2 Å². The lowest BCUT2D eigenvalue weighted by molar-refractivity contribution is 0.0227. The van der Waals surface area contributed by atoms with Crippen molar-refractivity contribution in [1.82, 2.24) is 15.3 Å². The molecule has 1 aliphatic heterocycles. The predicted molar refractivity (Wildman–Crippen MR) is 83.2 cm³/mol. The molecular formula is C17H27N3O. The van der Waals surface area contributed by atoms with Crippen molar-refractivity contribution in [2.75, 3.05) is 13.2 Å². The number of nitrogens with one attached hydrogen (secondary N) is 1. The second kappa shape index (κ2) is 6.41. The van der Waals surface area contributed by atoms with E-state index < -0.39 is 0 Å². The van der Waals surface area contributed by atoms with Crippen molar-refractivity contribution in [2.24, 2.45) is 5.92 Å². The van der Waals surface area contributed by atoms with Crippen molar-refractivity contribution in [1.29, 1.82) is 0 Å². The molecule has 2 heterocycles. The van der Waals surface area contributed by atoms with E-state index >= 15 is 0 Å². The average Bonchev–Trinajstić information content (AvgIpc) is 2.42. The van der Waals surface area contributed by atoms with Crippen molar-refractivity contribution in [3.8, 4) is 0 Å². The summed E-state index contributed by atoms with van der Waals surface area (Å²) in [5.41, 5.74) is 3.93. The number of hydrogen-bond acceptors (Lipinski definition) is 4. The second-order valence-corrected chi connectivity index (χ2v) is 6.57. The molecule has 1 unspecified atom stereocenters. The minimum absolute atomic E-state index is 0.0222. The quantitative estimate of drug-likeness (QED) is 0.904. The Morgan fingerprint density at radius 3 is 2.71 bits per heavy atom. The summed E-state index contributed by atoms with van der Waals surface area (Å²) in [7, 11) is 0. The van der Waals surface area contributed by atoms with Crippen LogP contribution in [0.4, 0.5) is 0 Å². The molecule has 3 rings (SSSR count). The Morgan fingerprint density at radius 1 is 1.29 bits per heavy atom. The van der Waals surface area contributed by atoms with Gasteiger partial charge in [-0.2, -0.15) is 0 Å². The topological polar surface area (TPSA) is 47.0 Å². The van der Waals surface area contributed by atoms with E-state index in [1.807, 2.05) is 6.92 Å². The molecule has 1 aromatic heterocycles. The molecule has 1 aromatic rings. The van der Waals surface area contributed by atoms with E-state index in [9.17, 15) is 0 Å². The maximum atomic E-state index is 5.93. The summed E-state index contributed by atoms with van der Waals surface area (Å²) < 4.78 is 5.93. The van der Waals surface area contributed by atoms with E-state index in [0.717, 1.165) is 25.3 Å². The molecule has 0 spiro atoms. The Hall–Kier alpha value is -1.00. The largest absolute Gasteiger partial charge is 0.370 e. The average molecular weight is 289 g/mol. The number of ether oxygens (including phenoxy) is 1. The third kappa shape index (κ3) is 2.97. The van der Waals surface area contributed by atoms with E-state index in [2.05, 4.69) is 19.2 Å². The fraction of sp³-hybridized carbons (Fsp3) is 0.765. The fourth-order valence-corrected chi connectivity index (χ4v) is 3.28. The van der Waals surface area contributed by atoms with Gasteiger partial charge in [0.25, 0.3) is 0 Å². The maximum Gasteiger partial charge on any atom is 0.157 e. The minimum Gasteiger partial charge on any atom is -0.370 e. The zero-order chi connectivity index (χ0) is 14.8. The zero-order valence-corrected chi connectivity index (χ0v) is 13.5. The Kier molecular flexibility index (Phi) is 4.55. The molecule has 0 bridgehead atoms. The van der Waals surface area contributed by atoms with E-state index in [4.69, 9.17) is 14.7 Å². The highest BCUT2D eigenvalue weighted by molar-refractivity contribution is 5.32. The Balaban J connectivity index is 2.00. The van der Waals surface area contributed by atoms with Gasteiger partial charge < -0.3 is 10.1 Å². The summed E-state index contributed by atoms with van der Waals surface area (Å²) in [4.78, 5) is 9.85. The van der Waals surface area contributed by atoms with Crippen molar-refractivity contribution >= 4 is 0 Å². The van der Waals surface area contributed by atoms with Crippen LogP contribution in [-0.4, -0.2) is 23.1 Å². The first kappa shape index (κ1) is 14.9. The van der Waals surface area contributed by atoms with Crippen LogP contribution in [0.1, 0.15) is 74.8 Å². The summed E-state index contributed by atoms with van der Waals surface area (Å²) in [5.74, 6) is 1.96. The third-order valence-electron chi connectivity index (χ3n) is 4.68.